The molecular weight excluding hydrogens is 448 g/mol. The zero-order chi connectivity index (χ0) is 24.3. The lowest BCUT2D eigenvalue weighted by atomic mass is 9.96. The molecular formula is C26H36N4O3S. The van der Waals surface area contributed by atoms with E-state index < -0.39 is 10.0 Å². The molecule has 0 radical (unpaired) electrons. The highest BCUT2D eigenvalue weighted by Crippen LogP contribution is 2.28. The summed E-state index contributed by atoms with van der Waals surface area (Å²) in [5.41, 5.74) is 3.32. The first-order valence-corrected chi connectivity index (χ1v) is 13.6. The summed E-state index contributed by atoms with van der Waals surface area (Å²) >= 11 is 0. The summed E-state index contributed by atoms with van der Waals surface area (Å²) in [5.74, 6) is -0.316. The summed E-state index contributed by atoms with van der Waals surface area (Å²) in [7, 11) is 0.140. The predicted octanol–water partition coefficient (Wildman–Crippen LogP) is 3.95. The molecule has 1 saturated carbocycles. The highest BCUT2D eigenvalue weighted by Gasteiger charge is 2.29. The fourth-order valence-electron chi connectivity index (χ4n) is 4.94. The Morgan fingerprint density at radius 2 is 1.71 bits per heavy atom. The van der Waals surface area contributed by atoms with Crippen LogP contribution in [0.5, 0.6) is 0 Å². The molecule has 1 aliphatic heterocycles. The van der Waals surface area contributed by atoms with E-state index in [9.17, 15) is 13.2 Å². The Kier molecular flexibility index (Phi) is 7.60. The van der Waals surface area contributed by atoms with Crippen LogP contribution in [0, 0.1) is 6.92 Å². The van der Waals surface area contributed by atoms with E-state index in [1.54, 1.807) is 25.2 Å². The number of aryl methyl sites for hydroxylation is 1. The van der Waals surface area contributed by atoms with Crippen molar-refractivity contribution in [1.29, 1.82) is 0 Å². The lowest BCUT2D eigenvalue weighted by molar-refractivity contribution is 0.102. The van der Waals surface area contributed by atoms with Crippen LogP contribution in [-0.2, 0) is 10.0 Å². The van der Waals surface area contributed by atoms with Crippen molar-refractivity contribution < 1.29 is 13.2 Å². The molecule has 34 heavy (non-hydrogen) atoms. The van der Waals surface area contributed by atoms with E-state index in [0.717, 1.165) is 63.8 Å². The standard InChI is InChI=1S/C26H36N4O3S/c1-20-18-22(12-13-25(20)30-16-14-28(2)15-17-30)27-26(31)21-8-7-11-24(19-21)34(32,33)29(3)23-9-5-4-6-10-23/h7-8,11-13,18-19,23H,4-6,9-10,14-17H2,1-3H3,(H,27,31). The van der Waals surface area contributed by atoms with Crippen LogP contribution in [-0.4, -0.2) is 69.8 Å². The van der Waals surface area contributed by atoms with Gasteiger partial charge >= 0.3 is 0 Å². The lowest BCUT2D eigenvalue weighted by Crippen LogP contribution is -2.44. The number of hydrogen-bond donors (Lipinski definition) is 1. The van der Waals surface area contributed by atoms with Crippen LogP contribution in [0.15, 0.2) is 47.4 Å². The Morgan fingerprint density at radius 1 is 1.00 bits per heavy atom. The molecule has 0 aromatic heterocycles. The average Bonchev–Trinajstić information content (AvgIpc) is 2.85. The van der Waals surface area contributed by atoms with Crippen molar-refractivity contribution in [3.63, 3.8) is 0 Å². The number of rotatable bonds is 6. The van der Waals surface area contributed by atoms with Crippen molar-refractivity contribution in [2.24, 2.45) is 0 Å². The van der Waals surface area contributed by atoms with E-state index in [-0.39, 0.29) is 16.8 Å². The molecule has 4 rings (SSSR count). The van der Waals surface area contributed by atoms with Crippen molar-refractivity contribution in [1.82, 2.24) is 9.21 Å². The van der Waals surface area contributed by atoms with Crippen molar-refractivity contribution in [2.45, 2.75) is 50.0 Å². The van der Waals surface area contributed by atoms with Crippen molar-refractivity contribution in [3.8, 4) is 0 Å². The first-order valence-electron chi connectivity index (χ1n) is 12.2. The van der Waals surface area contributed by atoms with Crippen molar-refractivity contribution >= 4 is 27.3 Å². The molecule has 1 amide bonds. The largest absolute Gasteiger partial charge is 0.369 e. The van der Waals surface area contributed by atoms with Gasteiger partial charge in [-0.2, -0.15) is 4.31 Å². The third-order valence-electron chi connectivity index (χ3n) is 7.16. The van der Waals surface area contributed by atoms with Gasteiger partial charge in [0.15, 0.2) is 0 Å². The number of amides is 1. The monoisotopic (exact) mass is 484 g/mol. The maximum atomic E-state index is 13.2. The molecule has 0 spiro atoms. The Balaban J connectivity index is 1.46. The summed E-state index contributed by atoms with van der Waals surface area (Å²) in [6.07, 6.45) is 5.05. The highest BCUT2D eigenvalue weighted by molar-refractivity contribution is 7.89. The number of nitrogens with one attached hydrogen (secondary N) is 1. The normalized spacial score (nSPS) is 18.3. The van der Waals surface area contributed by atoms with Gasteiger partial charge in [0.05, 0.1) is 4.90 Å². The van der Waals surface area contributed by atoms with Gasteiger partial charge in [-0.1, -0.05) is 25.3 Å². The molecule has 2 aliphatic rings. The van der Waals surface area contributed by atoms with Gasteiger partial charge in [0.25, 0.3) is 5.91 Å². The van der Waals surface area contributed by atoms with E-state index in [1.165, 1.54) is 16.1 Å². The quantitative estimate of drug-likeness (QED) is 0.672. The molecule has 0 bridgehead atoms. The Morgan fingerprint density at radius 3 is 2.38 bits per heavy atom. The minimum Gasteiger partial charge on any atom is -0.369 e. The maximum absolute atomic E-state index is 13.2. The van der Waals surface area contributed by atoms with Crippen molar-refractivity contribution in [2.75, 3.05) is 50.5 Å². The first-order chi connectivity index (χ1) is 16.3. The molecule has 0 atom stereocenters. The molecule has 2 fully saturated rings. The average molecular weight is 485 g/mol. The fourth-order valence-corrected chi connectivity index (χ4v) is 6.41. The molecule has 2 aromatic rings. The van der Waals surface area contributed by atoms with Crippen LogP contribution in [0.3, 0.4) is 0 Å². The van der Waals surface area contributed by atoms with Crippen LogP contribution < -0.4 is 10.2 Å². The number of anilines is 2. The Bertz CT molecular complexity index is 1120. The van der Waals surface area contributed by atoms with E-state index in [4.69, 9.17) is 0 Å². The molecule has 2 aromatic carbocycles. The number of likely N-dealkylation sites (N-methyl/N-ethyl adjacent to an activating group) is 1. The summed E-state index contributed by atoms with van der Waals surface area (Å²) in [6.45, 7) is 6.09. The molecule has 0 unspecified atom stereocenters. The summed E-state index contributed by atoms with van der Waals surface area (Å²) in [4.78, 5) is 17.8. The Hall–Kier alpha value is -2.42. The highest BCUT2D eigenvalue weighted by atomic mass is 32.2. The molecule has 184 valence electrons. The predicted molar refractivity (Wildman–Crippen MR) is 137 cm³/mol. The second-order valence-electron chi connectivity index (χ2n) is 9.59. The molecule has 8 heteroatoms. The third-order valence-corrected chi connectivity index (χ3v) is 9.07. The van der Waals surface area contributed by atoms with E-state index >= 15 is 0 Å². The lowest BCUT2D eigenvalue weighted by Gasteiger charge is -2.35. The topological polar surface area (TPSA) is 73.0 Å². The van der Waals surface area contributed by atoms with Gasteiger partial charge in [-0.05, 0) is 68.8 Å². The fraction of sp³-hybridized carbons (Fsp3) is 0.500. The van der Waals surface area contributed by atoms with Gasteiger partial charge in [0.1, 0.15) is 0 Å². The first kappa shape index (κ1) is 24.7. The van der Waals surface area contributed by atoms with Gasteiger partial charge in [-0.25, -0.2) is 8.42 Å². The zero-order valence-electron chi connectivity index (χ0n) is 20.5. The number of sulfonamides is 1. The molecule has 1 saturated heterocycles. The van der Waals surface area contributed by atoms with Gasteiger partial charge < -0.3 is 15.1 Å². The summed E-state index contributed by atoms with van der Waals surface area (Å²) in [5, 5.41) is 2.93. The molecule has 1 N–H and O–H groups in total. The van der Waals surface area contributed by atoms with Crippen molar-refractivity contribution in [3.05, 3.63) is 53.6 Å². The van der Waals surface area contributed by atoms with Gasteiger partial charge in [0.2, 0.25) is 10.0 Å². The molecule has 1 aliphatic carbocycles. The third kappa shape index (κ3) is 5.45. The number of carbonyl (C=O) groups excluding carboxylic acids is 1. The van der Waals surface area contributed by atoms with Crippen LogP contribution in [0.25, 0.3) is 0 Å². The van der Waals surface area contributed by atoms with Crippen LogP contribution in [0.2, 0.25) is 0 Å². The number of nitrogens with zero attached hydrogens (tertiary/aromatic N) is 3. The smallest absolute Gasteiger partial charge is 0.255 e. The van der Waals surface area contributed by atoms with Crippen LogP contribution >= 0.6 is 0 Å². The summed E-state index contributed by atoms with van der Waals surface area (Å²) < 4.78 is 27.9. The number of piperazine rings is 1. The van der Waals surface area contributed by atoms with E-state index in [2.05, 4.69) is 35.2 Å². The maximum Gasteiger partial charge on any atom is 0.255 e. The van der Waals surface area contributed by atoms with Gasteiger partial charge in [0, 0.05) is 56.2 Å². The Labute approximate surface area is 203 Å². The second-order valence-corrected chi connectivity index (χ2v) is 11.6. The van der Waals surface area contributed by atoms with E-state index in [0.29, 0.717) is 11.3 Å². The van der Waals surface area contributed by atoms with E-state index in [1.807, 2.05) is 12.1 Å². The molecule has 1 heterocycles. The zero-order valence-corrected chi connectivity index (χ0v) is 21.3. The second kappa shape index (κ2) is 10.5. The van der Waals surface area contributed by atoms with Crippen LogP contribution in [0.4, 0.5) is 11.4 Å². The number of carbonyl (C=O) groups is 1. The van der Waals surface area contributed by atoms with Crippen LogP contribution in [0.1, 0.15) is 48.0 Å². The van der Waals surface area contributed by atoms with Gasteiger partial charge in [-0.15, -0.1) is 0 Å². The number of hydrogen-bond acceptors (Lipinski definition) is 5. The van der Waals surface area contributed by atoms with Gasteiger partial charge in [-0.3, -0.25) is 4.79 Å². The SMILES string of the molecule is Cc1cc(NC(=O)c2cccc(S(=O)(=O)N(C)C3CCCCC3)c2)ccc1N1CCN(C)CC1. The minimum absolute atomic E-state index is 0.0259. The molecule has 7 nitrogen and oxygen atoms in total. The number of benzene rings is 2. The summed E-state index contributed by atoms with van der Waals surface area (Å²) in [6, 6.07) is 12.3. The minimum atomic E-state index is -3.65.